The Morgan fingerprint density at radius 2 is 1.89 bits per heavy atom. The molecule has 0 aliphatic heterocycles. The second-order valence-corrected chi connectivity index (χ2v) is 1.94. The summed E-state index contributed by atoms with van der Waals surface area (Å²) in [5.74, 6) is 0. The van der Waals surface area contributed by atoms with Crippen molar-refractivity contribution in [2.45, 2.75) is 0 Å². The molecule has 0 spiro atoms. The molecule has 0 radical (unpaired) electrons. The van der Waals surface area contributed by atoms with Gasteiger partial charge in [-0.15, -0.1) is 10.1 Å². The first-order valence-electron chi connectivity index (χ1n) is 1.31. The van der Waals surface area contributed by atoms with Gasteiger partial charge in [0.15, 0.2) is 0 Å². The summed E-state index contributed by atoms with van der Waals surface area (Å²) < 4.78 is 12.3. The molecule has 0 aromatic heterocycles. The van der Waals surface area contributed by atoms with Crippen molar-refractivity contribution in [3.05, 3.63) is 10.1 Å². The summed E-state index contributed by atoms with van der Waals surface area (Å²) in [5, 5.41) is 7.55. The summed E-state index contributed by atoms with van der Waals surface area (Å²) in [4.78, 5) is 24.4. The minimum Gasteiger partial charge on any atom is -0.305 e. The van der Waals surface area contributed by atoms with Crippen LogP contribution in [0.2, 0.25) is 0 Å². The van der Waals surface area contributed by atoms with E-state index in [9.17, 15) is 4.57 Å². The zero-order valence-electron chi connectivity index (χ0n) is 4.13. The van der Waals surface area contributed by atoms with Crippen LogP contribution in [0.4, 0.5) is 0 Å². The van der Waals surface area contributed by atoms with Gasteiger partial charge < -0.3 is 9.79 Å². The van der Waals surface area contributed by atoms with Crippen LogP contribution in [0.5, 0.6) is 0 Å². The third kappa shape index (κ3) is 11.5. The van der Waals surface area contributed by atoms with E-state index in [0.29, 0.717) is 0 Å². The molecule has 0 atom stereocenters. The van der Waals surface area contributed by atoms with E-state index in [1.54, 1.807) is 0 Å². The van der Waals surface area contributed by atoms with E-state index in [-0.39, 0.29) is 19.5 Å². The Bertz CT molecular complexity index is 136. The Morgan fingerprint density at radius 3 is 1.89 bits per heavy atom. The second kappa shape index (κ2) is 3.90. The third-order valence-corrected chi connectivity index (χ3v) is 0.519. The average molecular weight is 208 g/mol. The minimum atomic E-state index is -4.92. The quantitative estimate of drug-likeness (QED) is 0.268. The molecule has 0 rings (SSSR count). The van der Waals surface area contributed by atoms with E-state index in [0.717, 1.165) is 0 Å². The fraction of sp³-hybridized carbons (Fsp3) is 0. The van der Waals surface area contributed by atoms with Crippen LogP contribution >= 0.6 is 7.82 Å². The molecule has 9 heteroatoms. The van der Waals surface area contributed by atoms with Gasteiger partial charge in [-0.1, -0.05) is 0 Å². The first kappa shape index (κ1) is 11.7. The molecular formula is H2NO6PZn. The fourth-order valence-electron chi connectivity index (χ4n) is 0.0868. The van der Waals surface area contributed by atoms with Gasteiger partial charge in [0.2, 0.25) is 0 Å². The normalized spacial score (nSPS) is 9.56. The summed E-state index contributed by atoms with van der Waals surface area (Å²) in [6.07, 6.45) is 0. The van der Waals surface area contributed by atoms with Crippen LogP contribution < -0.4 is 0 Å². The van der Waals surface area contributed by atoms with Crippen molar-refractivity contribution in [2.75, 3.05) is 0 Å². The number of phosphoric acid groups is 1. The van der Waals surface area contributed by atoms with Crippen LogP contribution in [0, 0.1) is 10.1 Å². The molecule has 0 aromatic carbocycles. The first-order valence-corrected chi connectivity index (χ1v) is 2.84. The standard InChI is InChI=1S/H2NO6P.Zn/c2-1(3)7-8(4,5)6;/h(H2,4,5,6);. The van der Waals surface area contributed by atoms with Crippen LogP contribution in [0.15, 0.2) is 0 Å². The smallest absolute Gasteiger partial charge is 0.305 e. The van der Waals surface area contributed by atoms with Crippen LogP contribution in [-0.4, -0.2) is 14.9 Å². The van der Waals surface area contributed by atoms with Crippen LogP contribution in [0.3, 0.4) is 0 Å². The zero-order chi connectivity index (χ0) is 6.78. The van der Waals surface area contributed by atoms with E-state index in [1.165, 1.54) is 0 Å². The Morgan fingerprint density at radius 1 is 1.56 bits per heavy atom. The van der Waals surface area contributed by atoms with Gasteiger partial charge in [-0.2, -0.15) is 4.62 Å². The van der Waals surface area contributed by atoms with Gasteiger partial charge in [0, 0.05) is 19.5 Å². The van der Waals surface area contributed by atoms with Crippen LogP contribution in [-0.2, 0) is 28.7 Å². The van der Waals surface area contributed by atoms with E-state index in [2.05, 4.69) is 4.62 Å². The van der Waals surface area contributed by atoms with Gasteiger partial charge in [-0.3, -0.25) is 0 Å². The SMILES string of the molecule is O=[N+]([O-])OP(=O)(O)O.[Zn]. The molecule has 0 saturated heterocycles. The molecule has 9 heavy (non-hydrogen) atoms. The molecule has 0 aliphatic rings. The molecule has 0 aliphatic carbocycles. The maximum absolute atomic E-state index is 9.47. The van der Waals surface area contributed by atoms with Crippen molar-refractivity contribution in [3.8, 4) is 0 Å². The van der Waals surface area contributed by atoms with E-state index in [4.69, 9.17) is 19.9 Å². The largest absolute Gasteiger partial charge is 0.501 e. The molecule has 0 unspecified atom stereocenters. The molecule has 0 saturated carbocycles. The predicted octanol–water partition coefficient (Wildman–Crippen LogP) is -0.715. The monoisotopic (exact) mass is 207 g/mol. The Kier molecular flexibility index (Phi) is 5.08. The van der Waals surface area contributed by atoms with E-state index < -0.39 is 12.9 Å². The summed E-state index contributed by atoms with van der Waals surface area (Å²) in [6.45, 7) is 0. The molecular weight excluding hydrogens is 206 g/mol. The van der Waals surface area contributed by atoms with Gasteiger partial charge in [-0.05, 0) is 0 Å². The Hall–Kier alpha value is -0.0266. The van der Waals surface area contributed by atoms with Gasteiger partial charge in [-0.25, -0.2) is 4.57 Å². The Balaban J connectivity index is 0. The van der Waals surface area contributed by atoms with Crippen molar-refractivity contribution in [2.24, 2.45) is 0 Å². The van der Waals surface area contributed by atoms with Crippen molar-refractivity contribution < 1.29 is 43.5 Å². The maximum atomic E-state index is 9.47. The number of hydrogen-bond donors (Lipinski definition) is 2. The topological polar surface area (TPSA) is 110 Å². The van der Waals surface area contributed by atoms with Crippen LogP contribution in [0.1, 0.15) is 0 Å². The van der Waals surface area contributed by atoms with E-state index in [1.807, 2.05) is 0 Å². The maximum Gasteiger partial charge on any atom is 0.501 e. The first-order chi connectivity index (χ1) is 3.42. The van der Waals surface area contributed by atoms with Gasteiger partial charge >= 0.3 is 12.9 Å². The summed E-state index contributed by atoms with van der Waals surface area (Å²) in [7, 11) is -4.92. The predicted molar refractivity (Wildman–Crippen MR) is 20.1 cm³/mol. The number of nitrogens with zero attached hydrogens (tertiary/aromatic N) is 1. The molecule has 0 bridgehead atoms. The molecule has 50 valence electrons. The van der Waals surface area contributed by atoms with Crippen LogP contribution in [0.25, 0.3) is 0 Å². The molecule has 7 nitrogen and oxygen atoms in total. The van der Waals surface area contributed by atoms with Crippen molar-refractivity contribution >= 4 is 7.82 Å². The molecule has 0 heterocycles. The molecule has 0 fully saturated rings. The Labute approximate surface area is 62.1 Å². The van der Waals surface area contributed by atoms with Gasteiger partial charge in [0.1, 0.15) is 0 Å². The zero-order valence-corrected chi connectivity index (χ0v) is 7.99. The average Bonchev–Trinajstić information content (AvgIpc) is 1.21. The van der Waals surface area contributed by atoms with Gasteiger partial charge in [0.05, 0.1) is 0 Å². The second-order valence-electron chi connectivity index (χ2n) is 0.796. The molecule has 0 aromatic rings. The van der Waals surface area contributed by atoms with E-state index >= 15 is 0 Å². The van der Waals surface area contributed by atoms with Crippen molar-refractivity contribution in [1.82, 2.24) is 0 Å². The summed E-state index contributed by atoms with van der Waals surface area (Å²) in [6, 6.07) is 0. The third-order valence-electron chi connectivity index (χ3n) is 0.173. The summed E-state index contributed by atoms with van der Waals surface area (Å²) >= 11 is 0. The minimum absolute atomic E-state index is 0. The van der Waals surface area contributed by atoms with Crippen molar-refractivity contribution in [1.29, 1.82) is 0 Å². The fourth-order valence-corrected chi connectivity index (χ4v) is 0.261. The van der Waals surface area contributed by atoms with Crippen molar-refractivity contribution in [3.63, 3.8) is 0 Å². The van der Waals surface area contributed by atoms with Gasteiger partial charge in [0.25, 0.3) is 0 Å². The number of rotatable bonds is 2. The molecule has 2 N–H and O–H groups in total. The summed E-state index contributed by atoms with van der Waals surface area (Å²) in [5.41, 5.74) is 0. The molecule has 0 amide bonds. The number of hydrogen-bond acceptors (Lipinski definition) is 4.